The maximum atomic E-state index is 12.5. The fourth-order valence-corrected chi connectivity index (χ4v) is 2.90. The summed E-state index contributed by atoms with van der Waals surface area (Å²) < 4.78 is 6.90. The van der Waals surface area contributed by atoms with Crippen molar-refractivity contribution in [3.05, 3.63) is 99.0 Å². The first-order valence-corrected chi connectivity index (χ1v) is 9.87. The summed E-state index contributed by atoms with van der Waals surface area (Å²) in [6.45, 7) is 0.372. The van der Waals surface area contributed by atoms with E-state index in [2.05, 4.69) is 21.2 Å². The Bertz CT molecular complexity index is 1070. The van der Waals surface area contributed by atoms with E-state index in [4.69, 9.17) is 16.3 Å². The van der Waals surface area contributed by atoms with Crippen molar-refractivity contribution in [2.45, 2.75) is 6.61 Å². The van der Waals surface area contributed by atoms with Crippen molar-refractivity contribution in [2.24, 2.45) is 0 Å². The van der Waals surface area contributed by atoms with Crippen molar-refractivity contribution >= 4 is 45.2 Å². The van der Waals surface area contributed by atoms with Gasteiger partial charge in [0.2, 0.25) is 0 Å². The maximum Gasteiger partial charge on any atom is 0.266 e. The molecule has 6 heteroatoms. The number of hydrogen-bond donors (Lipinski definition) is 1. The highest BCUT2D eigenvalue weighted by Crippen LogP contribution is 2.23. The Labute approximate surface area is 182 Å². The molecular weight excluding hydrogens is 452 g/mol. The Balaban J connectivity index is 1.76. The maximum absolute atomic E-state index is 12.5. The zero-order valence-corrected chi connectivity index (χ0v) is 17.6. The van der Waals surface area contributed by atoms with Gasteiger partial charge in [0.25, 0.3) is 5.91 Å². The molecule has 0 spiro atoms. The van der Waals surface area contributed by atoms with Gasteiger partial charge in [-0.2, -0.15) is 5.26 Å². The van der Waals surface area contributed by atoms with Gasteiger partial charge in [0.15, 0.2) is 0 Å². The second-order valence-electron chi connectivity index (χ2n) is 6.08. The zero-order valence-electron chi connectivity index (χ0n) is 15.2. The standard InChI is InChI=1S/C23H16BrClN2O2/c24-19-7-5-16(6-8-19)15-29-22-4-2-1-3-17(22)13-18(14-26)23(28)27-21-11-9-20(25)10-12-21/h1-13H,15H2,(H,27,28)/b18-13+. The minimum absolute atomic E-state index is 0.0281. The number of amides is 1. The van der Waals surface area contributed by atoms with Gasteiger partial charge in [-0.25, -0.2) is 0 Å². The smallest absolute Gasteiger partial charge is 0.266 e. The van der Waals surface area contributed by atoms with Crippen LogP contribution >= 0.6 is 27.5 Å². The zero-order chi connectivity index (χ0) is 20.6. The lowest BCUT2D eigenvalue weighted by Crippen LogP contribution is -2.13. The van der Waals surface area contributed by atoms with Gasteiger partial charge in [0.05, 0.1) is 0 Å². The van der Waals surface area contributed by atoms with Crippen LogP contribution in [-0.2, 0) is 11.4 Å². The molecule has 3 rings (SSSR count). The summed E-state index contributed by atoms with van der Waals surface area (Å²) in [5.41, 5.74) is 2.18. The van der Waals surface area contributed by atoms with Crippen molar-refractivity contribution in [3.63, 3.8) is 0 Å². The molecule has 4 nitrogen and oxygen atoms in total. The highest BCUT2D eigenvalue weighted by atomic mass is 79.9. The summed E-state index contributed by atoms with van der Waals surface area (Å²) in [5.74, 6) is 0.0833. The minimum atomic E-state index is -0.502. The quantitative estimate of drug-likeness (QED) is 0.345. The van der Waals surface area contributed by atoms with E-state index in [1.54, 1.807) is 36.4 Å². The number of nitriles is 1. The third-order valence-electron chi connectivity index (χ3n) is 3.99. The van der Waals surface area contributed by atoms with Crippen molar-refractivity contribution in [3.8, 4) is 11.8 Å². The Morgan fingerprint density at radius 2 is 1.76 bits per heavy atom. The summed E-state index contributed by atoms with van der Waals surface area (Å²) in [6.07, 6.45) is 1.52. The molecule has 0 atom stereocenters. The Hall–Kier alpha value is -3.07. The van der Waals surface area contributed by atoms with Crippen LogP contribution in [0.3, 0.4) is 0 Å². The summed E-state index contributed by atoms with van der Waals surface area (Å²) in [6, 6.07) is 23.7. The number of anilines is 1. The van der Waals surface area contributed by atoms with Crippen LogP contribution in [0.1, 0.15) is 11.1 Å². The molecule has 0 bridgehead atoms. The van der Waals surface area contributed by atoms with Gasteiger partial charge >= 0.3 is 0 Å². The number of carbonyl (C=O) groups excluding carboxylic acids is 1. The van der Waals surface area contributed by atoms with Gasteiger partial charge in [0.1, 0.15) is 24.0 Å². The third kappa shape index (κ3) is 5.95. The SMILES string of the molecule is N#C/C(=C\c1ccccc1OCc1ccc(Br)cc1)C(=O)Nc1ccc(Cl)cc1. The fourth-order valence-electron chi connectivity index (χ4n) is 2.51. The molecule has 0 unspecified atom stereocenters. The largest absolute Gasteiger partial charge is 0.488 e. The number of halogens is 2. The lowest BCUT2D eigenvalue weighted by Gasteiger charge is -2.10. The van der Waals surface area contributed by atoms with E-state index in [1.165, 1.54) is 6.08 Å². The highest BCUT2D eigenvalue weighted by molar-refractivity contribution is 9.10. The summed E-state index contributed by atoms with van der Waals surface area (Å²) in [5, 5.41) is 12.7. The molecule has 1 N–H and O–H groups in total. The van der Waals surface area contributed by atoms with Gasteiger partial charge in [0, 0.05) is 20.7 Å². The summed E-state index contributed by atoms with van der Waals surface area (Å²) in [7, 11) is 0. The topological polar surface area (TPSA) is 62.1 Å². The van der Waals surface area contributed by atoms with Crippen molar-refractivity contribution < 1.29 is 9.53 Å². The highest BCUT2D eigenvalue weighted by Gasteiger charge is 2.11. The average molecular weight is 468 g/mol. The van der Waals surface area contributed by atoms with Gasteiger partial charge in [-0.3, -0.25) is 4.79 Å². The van der Waals surface area contributed by atoms with Gasteiger partial charge < -0.3 is 10.1 Å². The van der Waals surface area contributed by atoms with E-state index in [-0.39, 0.29) is 5.57 Å². The van der Waals surface area contributed by atoms with E-state index < -0.39 is 5.91 Å². The average Bonchev–Trinajstić information content (AvgIpc) is 2.74. The molecule has 29 heavy (non-hydrogen) atoms. The predicted octanol–water partition coefficient (Wildman–Crippen LogP) is 6.23. The summed E-state index contributed by atoms with van der Waals surface area (Å²) >= 11 is 9.26. The number of hydrogen-bond acceptors (Lipinski definition) is 3. The fraction of sp³-hybridized carbons (Fsp3) is 0.0435. The molecule has 0 fully saturated rings. The molecule has 0 radical (unpaired) electrons. The number of ether oxygens (including phenoxy) is 1. The van der Waals surface area contributed by atoms with E-state index >= 15 is 0 Å². The second-order valence-corrected chi connectivity index (χ2v) is 7.44. The molecule has 0 aliphatic carbocycles. The predicted molar refractivity (Wildman–Crippen MR) is 119 cm³/mol. The Morgan fingerprint density at radius 1 is 1.07 bits per heavy atom. The minimum Gasteiger partial charge on any atom is -0.488 e. The molecule has 0 saturated carbocycles. The normalized spacial score (nSPS) is 10.9. The van der Waals surface area contributed by atoms with Crippen LogP contribution in [0.15, 0.2) is 82.8 Å². The number of nitrogens with zero attached hydrogens (tertiary/aromatic N) is 1. The number of benzene rings is 3. The first-order chi connectivity index (χ1) is 14.0. The van der Waals surface area contributed by atoms with Crippen LogP contribution in [-0.4, -0.2) is 5.91 Å². The van der Waals surface area contributed by atoms with Crippen LogP contribution in [0.5, 0.6) is 5.75 Å². The van der Waals surface area contributed by atoms with E-state index in [0.29, 0.717) is 28.6 Å². The van der Waals surface area contributed by atoms with Crippen LogP contribution in [0.25, 0.3) is 6.08 Å². The first-order valence-electron chi connectivity index (χ1n) is 8.70. The van der Waals surface area contributed by atoms with E-state index in [1.807, 2.05) is 42.5 Å². The van der Waals surface area contributed by atoms with Gasteiger partial charge in [-0.15, -0.1) is 0 Å². The van der Waals surface area contributed by atoms with Crippen LogP contribution in [0, 0.1) is 11.3 Å². The van der Waals surface area contributed by atoms with E-state index in [9.17, 15) is 10.1 Å². The van der Waals surface area contributed by atoms with E-state index in [0.717, 1.165) is 10.0 Å². The number of para-hydroxylation sites is 1. The molecule has 1 amide bonds. The lowest BCUT2D eigenvalue weighted by atomic mass is 10.1. The molecule has 0 aliphatic heterocycles. The molecule has 144 valence electrons. The molecule has 0 heterocycles. The monoisotopic (exact) mass is 466 g/mol. The molecule has 0 aromatic heterocycles. The third-order valence-corrected chi connectivity index (χ3v) is 4.77. The van der Waals surface area contributed by atoms with Crippen molar-refractivity contribution in [2.75, 3.05) is 5.32 Å². The first kappa shape index (κ1) is 20.7. The van der Waals surface area contributed by atoms with Crippen molar-refractivity contribution in [1.29, 1.82) is 5.26 Å². The van der Waals surface area contributed by atoms with Crippen molar-refractivity contribution in [1.82, 2.24) is 0 Å². The molecular formula is C23H16BrClN2O2. The molecule has 3 aromatic rings. The van der Waals surface area contributed by atoms with Crippen LogP contribution in [0.4, 0.5) is 5.69 Å². The van der Waals surface area contributed by atoms with Gasteiger partial charge in [-0.1, -0.05) is 57.9 Å². The Morgan fingerprint density at radius 3 is 2.45 bits per heavy atom. The molecule has 0 aliphatic rings. The molecule has 3 aromatic carbocycles. The number of nitrogens with one attached hydrogen (secondary N) is 1. The lowest BCUT2D eigenvalue weighted by molar-refractivity contribution is -0.112. The number of rotatable bonds is 6. The Kier molecular flexibility index (Phi) is 7.07. The number of carbonyl (C=O) groups is 1. The second kappa shape index (κ2) is 9.92. The van der Waals surface area contributed by atoms with Crippen LogP contribution in [0.2, 0.25) is 5.02 Å². The summed E-state index contributed by atoms with van der Waals surface area (Å²) in [4.78, 5) is 12.5. The van der Waals surface area contributed by atoms with Gasteiger partial charge in [-0.05, 0) is 54.1 Å². The molecule has 0 saturated heterocycles. The van der Waals surface area contributed by atoms with Crippen LogP contribution < -0.4 is 10.1 Å².